The highest BCUT2D eigenvalue weighted by Crippen LogP contribution is 2.19. The molecule has 0 spiro atoms. The van der Waals surface area contributed by atoms with E-state index in [2.05, 4.69) is 14.3 Å². The van der Waals surface area contributed by atoms with Crippen LogP contribution in [0.3, 0.4) is 0 Å². The van der Waals surface area contributed by atoms with E-state index in [1.807, 2.05) is 0 Å². The van der Waals surface area contributed by atoms with Crippen LogP contribution in [-0.2, 0) is 0 Å². The first-order valence-electron chi connectivity index (χ1n) is 3.48. The third kappa shape index (κ3) is 0.988. The van der Waals surface area contributed by atoms with Gasteiger partial charge in [0, 0.05) is 24.6 Å². The molecule has 1 aromatic rings. The summed E-state index contributed by atoms with van der Waals surface area (Å²) in [5.41, 5.74) is 0. The number of rotatable bonds is 1. The van der Waals surface area contributed by atoms with Gasteiger partial charge in [-0.15, -0.1) is 0 Å². The van der Waals surface area contributed by atoms with Crippen molar-refractivity contribution in [1.82, 2.24) is 9.36 Å². The second-order valence-electron chi connectivity index (χ2n) is 2.42. The van der Waals surface area contributed by atoms with Crippen LogP contribution in [0.5, 0.6) is 0 Å². The highest BCUT2D eigenvalue weighted by molar-refractivity contribution is 7.09. The first-order chi connectivity index (χ1) is 4.97. The highest BCUT2D eigenvalue weighted by atomic mass is 32.1. The number of nitrogens with zero attached hydrogens (tertiary/aromatic N) is 3. The van der Waals surface area contributed by atoms with Gasteiger partial charge in [-0.3, -0.25) is 0 Å². The molecule has 0 saturated carbocycles. The maximum atomic E-state index is 4.13. The molecule has 1 aliphatic rings. The molecule has 0 unspecified atom stereocenters. The molecule has 3 nitrogen and oxygen atoms in total. The van der Waals surface area contributed by atoms with Crippen molar-refractivity contribution < 1.29 is 0 Å². The Morgan fingerprint density at radius 2 is 2.20 bits per heavy atom. The molecule has 0 radical (unpaired) electrons. The molecule has 0 atom stereocenters. The maximum absolute atomic E-state index is 4.13. The van der Waals surface area contributed by atoms with Crippen LogP contribution in [0.1, 0.15) is 12.8 Å². The van der Waals surface area contributed by atoms with E-state index in [0.29, 0.717) is 0 Å². The van der Waals surface area contributed by atoms with Gasteiger partial charge < -0.3 is 4.90 Å². The molecule has 0 aromatic carbocycles. The van der Waals surface area contributed by atoms with Gasteiger partial charge in [-0.05, 0) is 12.8 Å². The van der Waals surface area contributed by atoms with Crippen LogP contribution in [0.2, 0.25) is 0 Å². The highest BCUT2D eigenvalue weighted by Gasteiger charge is 2.13. The van der Waals surface area contributed by atoms with Crippen molar-refractivity contribution >= 4 is 16.7 Å². The summed E-state index contributed by atoms with van der Waals surface area (Å²) in [4.78, 5) is 6.42. The SMILES string of the molecule is c1nsc(N2CCCC2)n1. The predicted molar refractivity (Wildman–Crippen MR) is 41.4 cm³/mol. The number of aromatic nitrogens is 2. The number of hydrogen-bond acceptors (Lipinski definition) is 4. The Kier molecular flexibility index (Phi) is 1.55. The normalized spacial score (nSPS) is 18.2. The summed E-state index contributed by atoms with van der Waals surface area (Å²) in [6.45, 7) is 2.32. The summed E-state index contributed by atoms with van der Waals surface area (Å²) in [6, 6.07) is 0. The zero-order valence-electron chi connectivity index (χ0n) is 5.66. The standard InChI is InChI=1S/C6H9N3S/c1-2-4-9(3-1)6-7-5-8-10-6/h5H,1-4H2. The lowest BCUT2D eigenvalue weighted by Crippen LogP contribution is -2.16. The van der Waals surface area contributed by atoms with Gasteiger partial charge >= 0.3 is 0 Å². The molecule has 4 heteroatoms. The van der Waals surface area contributed by atoms with Crippen molar-refractivity contribution in [2.45, 2.75) is 12.8 Å². The van der Waals surface area contributed by atoms with E-state index in [-0.39, 0.29) is 0 Å². The van der Waals surface area contributed by atoms with E-state index in [4.69, 9.17) is 0 Å². The van der Waals surface area contributed by atoms with E-state index in [1.165, 1.54) is 24.4 Å². The monoisotopic (exact) mass is 155 g/mol. The first kappa shape index (κ1) is 6.09. The molecular formula is C6H9N3S. The van der Waals surface area contributed by atoms with E-state index >= 15 is 0 Å². The Morgan fingerprint density at radius 1 is 1.40 bits per heavy atom. The Hall–Kier alpha value is -0.640. The quantitative estimate of drug-likeness (QED) is 0.609. The molecule has 0 bridgehead atoms. The second-order valence-corrected chi connectivity index (χ2v) is 3.18. The van der Waals surface area contributed by atoms with Crippen LogP contribution < -0.4 is 4.90 Å². The number of hydrogen-bond donors (Lipinski definition) is 0. The van der Waals surface area contributed by atoms with Gasteiger partial charge in [0.1, 0.15) is 6.33 Å². The molecule has 1 fully saturated rings. The lowest BCUT2D eigenvalue weighted by Gasteiger charge is -2.10. The van der Waals surface area contributed by atoms with Gasteiger partial charge in [-0.2, -0.15) is 4.37 Å². The van der Waals surface area contributed by atoms with E-state index < -0.39 is 0 Å². The minimum atomic E-state index is 1.08. The average molecular weight is 155 g/mol. The topological polar surface area (TPSA) is 29.0 Å². The Bertz CT molecular complexity index is 191. The summed E-state index contributed by atoms with van der Waals surface area (Å²) < 4.78 is 3.96. The minimum absolute atomic E-state index is 1.08. The molecule has 1 saturated heterocycles. The summed E-state index contributed by atoms with van der Waals surface area (Å²) in [6.07, 6.45) is 4.23. The van der Waals surface area contributed by atoms with Crippen molar-refractivity contribution in [3.8, 4) is 0 Å². The van der Waals surface area contributed by atoms with Crippen molar-refractivity contribution in [2.75, 3.05) is 18.0 Å². The van der Waals surface area contributed by atoms with Crippen LogP contribution in [0, 0.1) is 0 Å². The summed E-state index contributed by atoms with van der Waals surface area (Å²) >= 11 is 1.48. The molecule has 1 aliphatic heterocycles. The van der Waals surface area contributed by atoms with Gasteiger partial charge in [-0.25, -0.2) is 4.98 Å². The summed E-state index contributed by atoms with van der Waals surface area (Å²) in [7, 11) is 0. The van der Waals surface area contributed by atoms with Crippen molar-refractivity contribution in [2.24, 2.45) is 0 Å². The fourth-order valence-electron chi connectivity index (χ4n) is 1.22. The third-order valence-corrected chi connectivity index (χ3v) is 2.45. The van der Waals surface area contributed by atoms with Gasteiger partial charge in [0.05, 0.1) is 0 Å². The zero-order chi connectivity index (χ0) is 6.81. The molecule has 2 heterocycles. The van der Waals surface area contributed by atoms with Crippen LogP contribution in [0.25, 0.3) is 0 Å². The van der Waals surface area contributed by atoms with Gasteiger partial charge in [-0.1, -0.05) is 0 Å². The minimum Gasteiger partial charge on any atom is -0.347 e. The molecule has 0 amide bonds. The second kappa shape index (κ2) is 2.54. The summed E-state index contributed by atoms with van der Waals surface area (Å²) in [5.74, 6) is 0. The summed E-state index contributed by atoms with van der Waals surface area (Å²) in [5, 5.41) is 1.08. The molecule has 10 heavy (non-hydrogen) atoms. The fraction of sp³-hybridized carbons (Fsp3) is 0.667. The number of anilines is 1. The van der Waals surface area contributed by atoms with Gasteiger partial charge in [0.25, 0.3) is 0 Å². The lowest BCUT2D eigenvalue weighted by molar-refractivity contribution is 0.949. The average Bonchev–Trinajstić information content (AvgIpc) is 2.59. The largest absolute Gasteiger partial charge is 0.347 e. The molecule has 0 aliphatic carbocycles. The Labute approximate surface area is 63.9 Å². The lowest BCUT2D eigenvalue weighted by atomic mass is 10.4. The zero-order valence-corrected chi connectivity index (χ0v) is 6.47. The molecule has 2 rings (SSSR count). The Balaban J connectivity index is 2.12. The fourth-order valence-corrected chi connectivity index (χ4v) is 1.80. The van der Waals surface area contributed by atoms with Crippen LogP contribution in [0.4, 0.5) is 5.13 Å². The smallest absolute Gasteiger partial charge is 0.204 e. The van der Waals surface area contributed by atoms with Crippen molar-refractivity contribution in [3.05, 3.63) is 6.33 Å². The molecule has 0 N–H and O–H groups in total. The van der Waals surface area contributed by atoms with Crippen LogP contribution in [0.15, 0.2) is 6.33 Å². The van der Waals surface area contributed by atoms with Crippen molar-refractivity contribution in [1.29, 1.82) is 0 Å². The maximum Gasteiger partial charge on any atom is 0.204 e. The van der Waals surface area contributed by atoms with Gasteiger partial charge in [0.15, 0.2) is 0 Å². The van der Waals surface area contributed by atoms with Crippen LogP contribution in [-0.4, -0.2) is 22.4 Å². The van der Waals surface area contributed by atoms with Crippen molar-refractivity contribution in [3.63, 3.8) is 0 Å². The third-order valence-electron chi connectivity index (χ3n) is 1.73. The Morgan fingerprint density at radius 3 is 2.80 bits per heavy atom. The van der Waals surface area contributed by atoms with Crippen LogP contribution >= 0.6 is 11.5 Å². The molecular weight excluding hydrogens is 146 g/mol. The molecule has 1 aromatic heterocycles. The van der Waals surface area contributed by atoms with E-state index in [1.54, 1.807) is 6.33 Å². The van der Waals surface area contributed by atoms with Gasteiger partial charge in [0.2, 0.25) is 5.13 Å². The van der Waals surface area contributed by atoms with E-state index in [9.17, 15) is 0 Å². The predicted octanol–water partition coefficient (Wildman–Crippen LogP) is 1.14. The van der Waals surface area contributed by atoms with E-state index in [0.717, 1.165) is 18.2 Å². The molecule has 54 valence electrons. The first-order valence-corrected chi connectivity index (χ1v) is 4.26.